The van der Waals surface area contributed by atoms with Gasteiger partial charge in [0.1, 0.15) is 0 Å². The zero-order valence-electron chi connectivity index (χ0n) is 8.62. The van der Waals surface area contributed by atoms with Gasteiger partial charge in [0.15, 0.2) is 11.5 Å². The summed E-state index contributed by atoms with van der Waals surface area (Å²) in [6, 6.07) is 1.51. The largest absolute Gasteiger partial charge is 0.504 e. The van der Waals surface area contributed by atoms with Gasteiger partial charge in [-0.1, -0.05) is 11.6 Å². The third-order valence-corrected chi connectivity index (χ3v) is 3.30. The van der Waals surface area contributed by atoms with E-state index in [9.17, 15) is 13.5 Å². The Morgan fingerprint density at radius 3 is 2.50 bits per heavy atom. The third kappa shape index (κ3) is 2.93. The van der Waals surface area contributed by atoms with E-state index in [1.807, 2.05) is 0 Å². The van der Waals surface area contributed by atoms with Crippen LogP contribution in [0.4, 0.5) is 0 Å². The number of hydrogen-bond acceptors (Lipinski definition) is 4. The lowest BCUT2D eigenvalue weighted by Crippen LogP contribution is -2.00. The SMILES string of the molecule is COc1c(Cl)cc(C)c(CS(=O)(=O)Cl)c1O. The van der Waals surface area contributed by atoms with E-state index in [0.29, 0.717) is 5.56 Å². The number of aromatic hydroxyl groups is 1. The van der Waals surface area contributed by atoms with Gasteiger partial charge in [0.25, 0.3) is 0 Å². The number of aryl methyl sites for hydroxylation is 1. The Balaban J connectivity index is 3.40. The van der Waals surface area contributed by atoms with Gasteiger partial charge in [0.2, 0.25) is 9.05 Å². The molecule has 1 aromatic carbocycles. The molecule has 0 aliphatic rings. The molecule has 4 nitrogen and oxygen atoms in total. The Labute approximate surface area is 103 Å². The predicted octanol–water partition coefficient (Wildman–Crippen LogP) is 2.43. The topological polar surface area (TPSA) is 63.6 Å². The Morgan fingerprint density at radius 1 is 1.50 bits per heavy atom. The number of halogens is 2. The van der Waals surface area contributed by atoms with Crippen molar-refractivity contribution in [1.29, 1.82) is 0 Å². The van der Waals surface area contributed by atoms with Crippen molar-refractivity contribution < 1.29 is 18.3 Å². The maximum atomic E-state index is 11.0. The van der Waals surface area contributed by atoms with Gasteiger partial charge >= 0.3 is 0 Å². The molecule has 0 aliphatic carbocycles. The van der Waals surface area contributed by atoms with Crippen molar-refractivity contribution >= 4 is 31.3 Å². The molecule has 0 aliphatic heterocycles. The molecule has 1 aromatic rings. The van der Waals surface area contributed by atoms with Crippen LogP contribution in [0, 0.1) is 6.92 Å². The Hall–Kier alpha value is -0.650. The Morgan fingerprint density at radius 2 is 2.06 bits per heavy atom. The lowest BCUT2D eigenvalue weighted by molar-refractivity contribution is 0.371. The van der Waals surface area contributed by atoms with Gasteiger partial charge in [0, 0.05) is 16.2 Å². The van der Waals surface area contributed by atoms with E-state index >= 15 is 0 Å². The fourth-order valence-electron chi connectivity index (χ4n) is 1.33. The summed E-state index contributed by atoms with van der Waals surface area (Å²) in [6.07, 6.45) is 0. The van der Waals surface area contributed by atoms with Crippen LogP contribution in [0.1, 0.15) is 11.1 Å². The number of benzene rings is 1. The summed E-state index contributed by atoms with van der Waals surface area (Å²) >= 11 is 5.81. The molecule has 1 rings (SSSR count). The molecule has 0 saturated carbocycles. The van der Waals surface area contributed by atoms with Gasteiger partial charge in [-0.3, -0.25) is 0 Å². The van der Waals surface area contributed by atoms with Crippen molar-refractivity contribution in [3.05, 3.63) is 22.2 Å². The minimum absolute atomic E-state index is 0.0441. The molecule has 0 atom stereocenters. The first kappa shape index (κ1) is 13.4. The lowest BCUT2D eigenvalue weighted by Gasteiger charge is -2.12. The molecule has 0 unspecified atom stereocenters. The smallest absolute Gasteiger partial charge is 0.236 e. The summed E-state index contributed by atoms with van der Waals surface area (Å²) in [5.74, 6) is -0.723. The number of phenols is 1. The van der Waals surface area contributed by atoms with Crippen LogP contribution >= 0.6 is 22.3 Å². The minimum Gasteiger partial charge on any atom is -0.504 e. The molecule has 0 fully saturated rings. The van der Waals surface area contributed by atoms with Crippen LogP contribution in [-0.4, -0.2) is 20.6 Å². The molecule has 1 N–H and O–H groups in total. The molecule has 0 bridgehead atoms. The molecule has 16 heavy (non-hydrogen) atoms. The normalized spacial score (nSPS) is 11.5. The van der Waals surface area contributed by atoms with E-state index in [4.69, 9.17) is 27.0 Å². The average molecular weight is 285 g/mol. The second-order valence-electron chi connectivity index (χ2n) is 3.22. The first-order valence-corrected chi connectivity index (χ1v) is 7.09. The van der Waals surface area contributed by atoms with Crippen LogP contribution in [0.25, 0.3) is 0 Å². The van der Waals surface area contributed by atoms with Crippen LogP contribution in [0.3, 0.4) is 0 Å². The number of ether oxygens (including phenoxy) is 1. The molecule has 0 amide bonds. The molecule has 0 saturated heterocycles. The average Bonchev–Trinajstić information content (AvgIpc) is 2.11. The van der Waals surface area contributed by atoms with Gasteiger partial charge in [-0.15, -0.1) is 0 Å². The van der Waals surface area contributed by atoms with Gasteiger partial charge in [-0.2, -0.15) is 0 Å². The third-order valence-electron chi connectivity index (χ3n) is 2.06. The van der Waals surface area contributed by atoms with E-state index in [0.717, 1.165) is 0 Å². The van der Waals surface area contributed by atoms with Gasteiger partial charge in [-0.25, -0.2) is 8.42 Å². The minimum atomic E-state index is -3.75. The Kier molecular flexibility index (Phi) is 3.93. The second-order valence-corrected chi connectivity index (χ2v) is 6.40. The van der Waals surface area contributed by atoms with Gasteiger partial charge in [0.05, 0.1) is 17.9 Å². The summed E-state index contributed by atoms with van der Waals surface area (Å²) in [6.45, 7) is 1.63. The van der Waals surface area contributed by atoms with E-state index in [1.165, 1.54) is 13.2 Å². The predicted molar refractivity (Wildman–Crippen MR) is 62.9 cm³/mol. The first-order valence-electron chi connectivity index (χ1n) is 4.23. The monoisotopic (exact) mass is 284 g/mol. The van der Waals surface area contributed by atoms with Crippen molar-refractivity contribution in [1.82, 2.24) is 0 Å². The maximum Gasteiger partial charge on any atom is 0.236 e. The van der Waals surface area contributed by atoms with Crippen LogP contribution in [0.5, 0.6) is 11.5 Å². The molecule has 0 heterocycles. The highest BCUT2D eigenvalue weighted by atomic mass is 35.7. The van der Waals surface area contributed by atoms with Crippen LogP contribution < -0.4 is 4.74 Å². The maximum absolute atomic E-state index is 11.0. The van der Waals surface area contributed by atoms with Crippen LogP contribution in [0.2, 0.25) is 5.02 Å². The highest BCUT2D eigenvalue weighted by Crippen LogP contribution is 2.39. The molecule has 7 heteroatoms. The summed E-state index contributed by atoms with van der Waals surface area (Å²) < 4.78 is 26.8. The molecule has 90 valence electrons. The first-order chi connectivity index (χ1) is 7.26. The molecule has 0 radical (unpaired) electrons. The van der Waals surface area contributed by atoms with Crippen LogP contribution in [-0.2, 0) is 14.8 Å². The summed E-state index contributed by atoms with van der Waals surface area (Å²) in [5.41, 5.74) is 0.726. The number of phenolic OH excluding ortho intramolecular Hbond substituents is 1. The fraction of sp³-hybridized carbons (Fsp3) is 0.333. The van der Waals surface area contributed by atoms with E-state index in [-0.39, 0.29) is 22.1 Å². The Bertz CT molecular complexity index is 511. The second kappa shape index (κ2) is 4.69. The van der Waals surface area contributed by atoms with E-state index in [2.05, 4.69) is 0 Å². The fourth-order valence-corrected chi connectivity index (χ4v) is 2.70. The van der Waals surface area contributed by atoms with Gasteiger partial charge < -0.3 is 9.84 Å². The van der Waals surface area contributed by atoms with E-state index in [1.54, 1.807) is 6.92 Å². The van der Waals surface area contributed by atoms with Crippen molar-refractivity contribution in [2.75, 3.05) is 7.11 Å². The highest BCUT2D eigenvalue weighted by Gasteiger charge is 2.19. The molecule has 0 aromatic heterocycles. The lowest BCUT2D eigenvalue weighted by atomic mass is 10.1. The van der Waals surface area contributed by atoms with Crippen molar-refractivity contribution in [3.8, 4) is 11.5 Å². The van der Waals surface area contributed by atoms with Crippen LogP contribution in [0.15, 0.2) is 6.07 Å². The number of methoxy groups -OCH3 is 1. The van der Waals surface area contributed by atoms with Crippen molar-refractivity contribution in [2.45, 2.75) is 12.7 Å². The molecule has 0 spiro atoms. The summed E-state index contributed by atoms with van der Waals surface area (Å²) in [5, 5.41) is 10.00. The number of hydrogen-bond donors (Lipinski definition) is 1. The van der Waals surface area contributed by atoms with Crippen molar-refractivity contribution in [3.63, 3.8) is 0 Å². The van der Waals surface area contributed by atoms with E-state index < -0.39 is 14.8 Å². The van der Waals surface area contributed by atoms with Gasteiger partial charge in [-0.05, 0) is 18.6 Å². The zero-order valence-corrected chi connectivity index (χ0v) is 10.9. The highest BCUT2D eigenvalue weighted by molar-refractivity contribution is 8.13. The number of rotatable bonds is 3. The summed E-state index contributed by atoms with van der Waals surface area (Å²) in [4.78, 5) is 0. The van der Waals surface area contributed by atoms with Crippen molar-refractivity contribution in [2.24, 2.45) is 0 Å². The molecular formula is C9H10Cl2O4S. The zero-order chi connectivity index (χ0) is 12.5. The molecular weight excluding hydrogens is 275 g/mol. The quantitative estimate of drug-likeness (QED) is 0.866. The standard InChI is InChI=1S/C9H10Cl2O4S/c1-5-3-7(10)9(15-2)8(12)6(5)4-16(11,13)14/h3,12H,4H2,1-2H3. The summed E-state index contributed by atoms with van der Waals surface area (Å²) in [7, 11) is 2.72.